The van der Waals surface area contributed by atoms with Crippen LogP contribution in [-0.2, 0) is 19.9 Å². The van der Waals surface area contributed by atoms with Gasteiger partial charge >= 0.3 is 0 Å². The minimum atomic E-state index is -3.72. The van der Waals surface area contributed by atoms with Crippen LogP contribution in [0.25, 0.3) is 0 Å². The quantitative estimate of drug-likeness (QED) is 0.704. The lowest BCUT2D eigenvalue weighted by Crippen LogP contribution is -2.46. The van der Waals surface area contributed by atoms with Crippen LogP contribution >= 0.6 is 11.6 Å². The van der Waals surface area contributed by atoms with Gasteiger partial charge in [-0.3, -0.25) is 0 Å². The Bertz CT molecular complexity index is 396. The third kappa shape index (κ3) is 4.12. The van der Waals surface area contributed by atoms with Crippen molar-refractivity contribution in [2.45, 2.75) is 24.3 Å². The average Bonchev–Trinajstić information content (AvgIpc) is 1.76. The average molecular weight is 262 g/mol. The van der Waals surface area contributed by atoms with E-state index < -0.39 is 24.9 Å². The minimum absolute atomic E-state index is 0.000865. The molecule has 0 aromatic carbocycles. The highest BCUT2D eigenvalue weighted by molar-refractivity contribution is 8.06. The molecule has 1 aliphatic rings. The van der Waals surface area contributed by atoms with E-state index in [1.807, 2.05) is 0 Å². The molecule has 0 amide bonds. The highest BCUT2D eigenvalue weighted by atomic mass is 35.5. The van der Waals surface area contributed by atoms with Crippen molar-refractivity contribution in [2.75, 3.05) is 11.3 Å². The number of alkyl halides is 1. The Labute approximate surface area is 88.8 Å². The molecule has 0 aromatic rings. The first-order valence-corrected chi connectivity index (χ1v) is 8.15. The van der Waals surface area contributed by atoms with E-state index >= 15 is 0 Å². The zero-order chi connectivity index (χ0) is 11.0. The van der Waals surface area contributed by atoms with E-state index in [2.05, 4.69) is 4.72 Å². The molecule has 1 saturated carbocycles. The molecule has 0 aliphatic heterocycles. The molecule has 5 nitrogen and oxygen atoms in total. The van der Waals surface area contributed by atoms with Gasteiger partial charge in [0.2, 0.25) is 10.0 Å². The van der Waals surface area contributed by atoms with Gasteiger partial charge < -0.3 is 0 Å². The number of rotatable bonds is 4. The maximum atomic E-state index is 11.2. The first kappa shape index (κ1) is 12.2. The van der Waals surface area contributed by atoms with Crippen LogP contribution in [0.15, 0.2) is 0 Å². The van der Waals surface area contributed by atoms with Crippen molar-refractivity contribution in [1.29, 1.82) is 0 Å². The van der Waals surface area contributed by atoms with Gasteiger partial charge in [0.1, 0.15) is 0 Å². The molecule has 0 heterocycles. The lowest BCUT2D eigenvalue weighted by molar-refractivity contribution is 0.392. The number of hydrogen-bond donors (Lipinski definition) is 1. The predicted octanol–water partition coefficient (Wildman–Crippen LogP) is -0.322. The first-order valence-electron chi connectivity index (χ1n) is 4.00. The summed E-state index contributed by atoms with van der Waals surface area (Å²) < 4.78 is 46.2. The normalized spacial score (nSPS) is 28.4. The monoisotopic (exact) mass is 261 g/mol. The van der Waals surface area contributed by atoms with Crippen LogP contribution in [-0.4, -0.2) is 39.6 Å². The van der Waals surface area contributed by atoms with E-state index in [1.165, 1.54) is 0 Å². The van der Waals surface area contributed by atoms with Gasteiger partial charge in [-0.05, 0) is 12.8 Å². The van der Waals surface area contributed by atoms with Crippen LogP contribution in [0.2, 0.25) is 0 Å². The van der Waals surface area contributed by atoms with Crippen LogP contribution in [0.5, 0.6) is 0 Å². The second kappa shape index (κ2) is 3.96. The Balaban J connectivity index is 2.51. The standard InChI is InChI=1S/C6H12ClNO4S2/c1-13(9,10)4-14(11,12)8-6-2-5(7)3-6/h5-6,8H,2-4H2,1H3. The number of halogens is 1. The topological polar surface area (TPSA) is 80.3 Å². The molecular weight excluding hydrogens is 250 g/mol. The molecule has 8 heteroatoms. The van der Waals surface area contributed by atoms with E-state index in [0.29, 0.717) is 12.8 Å². The van der Waals surface area contributed by atoms with E-state index in [9.17, 15) is 16.8 Å². The van der Waals surface area contributed by atoms with Crippen molar-refractivity contribution < 1.29 is 16.8 Å². The Morgan fingerprint density at radius 2 is 1.79 bits per heavy atom. The predicted molar refractivity (Wildman–Crippen MR) is 54.4 cm³/mol. The van der Waals surface area contributed by atoms with Gasteiger partial charge in [-0.15, -0.1) is 11.6 Å². The Hall–Kier alpha value is 0.150. The molecule has 0 aromatic heterocycles. The summed E-state index contributed by atoms with van der Waals surface area (Å²) in [6.45, 7) is 0. The summed E-state index contributed by atoms with van der Waals surface area (Å²) >= 11 is 5.65. The number of nitrogens with one attached hydrogen (secondary N) is 1. The molecule has 84 valence electrons. The molecule has 14 heavy (non-hydrogen) atoms. The third-order valence-corrected chi connectivity index (χ3v) is 5.80. The van der Waals surface area contributed by atoms with Gasteiger partial charge in [0.15, 0.2) is 14.9 Å². The van der Waals surface area contributed by atoms with Crippen molar-refractivity contribution in [3.8, 4) is 0 Å². The molecule has 0 bridgehead atoms. The molecule has 1 N–H and O–H groups in total. The summed E-state index contributed by atoms with van der Waals surface area (Å²) in [5.41, 5.74) is 0. The molecule has 1 rings (SSSR count). The minimum Gasteiger partial charge on any atom is -0.228 e. The molecule has 0 atom stereocenters. The van der Waals surface area contributed by atoms with Gasteiger partial charge in [0.25, 0.3) is 0 Å². The second-order valence-corrected chi connectivity index (χ2v) is 8.42. The van der Waals surface area contributed by atoms with E-state index in [-0.39, 0.29) is 11.4 Å². The van der Waals surface area contributed by atoms with Crippen molar-refractivity contribution in [1.82, 2.24) is 4.72 Å². The zero-order valence-corrected chi connectivity index (χ0v) is 9.99. The van der Waals surface area contributed by atoms with Crippen LogP contribution in [0.4, 0.5) is 0 Å². The van der Waals surface area contributed by atoms with E-state index in [1.54, 1.807) is 0 Å². The second-order valence-electron chi connectivity index (χ2n) is 3.54. The maximum Gasteiger partial charge on any atom is 0.226 e. The van der Waals surface area contributed by atoms with Crippen molar-refractivity contribution in [3.63, 3.8) is 0 Å². The van der Waals surface area contributed by atoms with Gasteiger partial charge in [-0.2, -0.15) is 0 Å². The van der Waals surface area contributed by atoms with Gasteiger partial charge in [0.05, 0.1) is 0 Å². The largest absolute Gasteiger partial charge is 0.228 e. The lowest BCUT2D eigenvalue weighted by atomic mass is 9.94. The smallest absolute Gasteiger partial charge is 0.226 e. The Kier molecular flexibility index (Phi) is 3.45. The van der Waals surface area contributed by atoms with E-state index in [0.717, 1.165) is 6.26 Å². The molecule has 0 spiro atoms. The van der Waals surface area contributed by atoms with Crippen LogP contribution < -0.4 is 4.72 Å². The lowest BCUT2D eigenvalue weighted by Gasteiger charge is -2.30. The summed E-state index contributed by atoms with van der Waals surface area (Å²) in [6, 6.07) is -0.204. The number of hydrogen-bond acceptors (Lipinski definition) is 4. The molecule has 1 fully saturated rings. The number of sulfonamides is 1. The third-order valence-electron chi connectivity index (χ3n) is 1.80. The molecule has 1 aliphatic carbocycles. The Morgan fingerprint density at radius 1 is 1.29 bits per heavy atom. The van der Waals surface area contributed by atoms with Crippen LogP contribution in [0, 0.1) is 0 Å². The SMILES string of the molecule is CS(=O)(=O)CS(=O)(=O)NC1CC(Cl)C1. The van der Waals surface area contributed by atoms with E-state index in [4.69, 9.17) is 11.6 Å². The van der Waals surface area contributed by atoms with Crippen molar-refractivity contribution in [3.05, 3.63) is 0 Å². The summed E-state index contributed by atoms with van der Waals surface area (Å²) in [7, 11) is -7.23. The fraction of sp³-hybridized carbons (Fsp3) is 1.00. The summed E-state index contributed by atoms with van der Waals surface area (Å²) in [6.07, 6.45) is 2.01. The molecule has 0 saturated heterocycles. The highest BCUT2D eigenvalue weighted by Crippen LogP contribution is 2.25. The Morgan fingerprint density at radius 3 is 2.14 bits per heavy atom. The number of sulfone groups is 1. The molecular formula is C6H12ClNO4S2. The molecule has 0 unspecified atom stereocenters. The summed E-state index contributed by atoms with van der Waals surface area (Å²) in [5, 5.41) is -0.857. The van der Waals surface area contributed by atoms with Crippen LogP contribution in [0.3, 0.4) is 0 Å². The fourth-order valence-electron chi connectivity index (χ4n) is 1.21. The maximum absolute atomic E-state index is 11.2. The van der Waals surface area contributed by atoms with Gasteiger partial charge in [-0.1, -0.05) is 0 Å². The molecule has 0 radical (unpaired) electrons. The van der Waals surface area contributed by atoms with Crippen molar-refractivity contribution >= 4 is 31.5 Å². The highest BCUT2D eigenvalue weighted by Gasteiger charge is 2.31. The zero-order valence-electron chi connectivity index (χ0n) is 7.60. The van der Waals surface area contributed by atoms with Gasteiger partial charge in [-0.25, -0.2) is 21.6 Å². The summed E-state index contributed by atoms with van der Waals surface area (Å²) in [4.78, 5) is 0. The first-order chi connectivity index (χ1) is 6.18. The fourth-order valence-corrected chi connectivity index (χ4v) is 4.87. The van der Waals surface area contributed by atoms with Crippen molar-refractivity contribution in [2.24, 2.45) is 0 Å². The summed E-state index contributed by atoms with van der Waals surface area (Å²) in [5.74, 6) is 0. The van der Waals surface area contributed by atoms with Crippen LogP contribution in [0.1, 0.15) is 12.8 Å². The van der Waals surface area contributed by atoms with Gasteiger partial charge in [0, 0.05) is 17.7 Å².